The Kier molecular flexibility index (Phi) is 5.65. The summed E-state index contributed by atoms with van der Waals surface area (Å²) in [6.07, 6.45) is 1.46. The SMILES string of the molecule is COc1cccc(CCC(=O)O)c1C(C)CC1COC(C)(C)O1. The van der Waals surface area contributed by atoms with E-state index < -0.39 is 11.8 Å². The Morgan fingerprint density at radius 3 is 2.78 bits per heavy atom. The summed E-state index contributed by atoms with van der Waals surface area (Å²) in [7, 11) is 1.64. The van der Waals surface area contributed by atoms with Crippen LogP contribution in [0.1, 0.15) is 50.7 Å². The van der Waals surface area contributed by atoms with Gasteiger partial charge >= 0.3 is 5.97 Å². The second kappa shape index (κ2) is 7.32. The number of ether oxygens (including phenoxy) is 3. The average molecular weight is 322 g/mol. The zero-order valence-corrected chi connectivity index (χ0v) is 14.3. The molecule has 0 aliphatic carbocycles. The second-order valence-electron chi connectivity index (χ2n) is 6.51. The van der Waals surface area contributed by atoms with E-state index in [2.05, 4.69) is 6.92 Å². The molecule has 1 aromatic rings. The summed E-state index contributed by atoms with van der Waals surface area (Å²) < 4.78 is 17.0. The van der Waals surface area contributed by atoms with Gasteiger partial charge in [-0.1, -0.05) is 19.1 Å². The molecule has 1 aliphatic heterocycles. The molecular formula is C18H26O5. The van der Waals surface area contributed by atoms with Gasteiger partial charge in [-0.2, -0.15) is 0 Å². The van der Waals surface area contributed by atoms with Gasteiger partial charge in [-0.25, -0.2) is 0 Å². The topological polar surface area (TPSA) is 65.0 Å². The number of carboxylic acids is 1. The Balaban J connectivity index is 2.16. The van der Waals surface area contributed by atoms with E-state index in [1.165, 1.54) is 0 Å². The van der Waals surface area contributed by atoms with E-state index in [9.17, 15) is 4.79 Å². The minimum Gasteiger partial charge on any atom is -0.496 e. The molecule has 0 saturated carbocycles. The summed E-state index contributed by atoms with van der Waals surface area (Å²) in [6, 6.07) is 5.81. The van der Waals surface area contributed by atoms with Gasteiger partial charge in [-0.05, 0) is 44.2 Å². The first-order chi connectivity index (χ1) is 10.8. The van der Waals surface area contributed by atoms with E-state index in [0.717, 1.165) is 23.3 Å². The number of methoxy groups -OCH3 is 1. The number of rotatable bonds is 7. The minimum absolute atomic E-state index is 0.0391. The molecule has 0 amide bonds. The van der Waals surface area contributed by atoms with Crippen LogP contribution in [0.4, 0.5) is 0 Å². The molecule has 2 atom stereocenters. The van der Waals surface area contributed by atoms with Crippen LogP contribution in [0, 0.1) is 0 Å². The lowest BCUT2D eigenvalue weighted by Crippen LogP contribution is -2.22. The van der Waals surface area contributed by atoms with E-state index in [-0.39, 0.29) is 18.4 Å². The highest BCUT2D eigenvalue weighted by atomic mass is 16.7. The van der Waals surface area contributed by atoms with Crippen LogP contribution in [0.25, 0.3) is 0 Å². The van der Waals surface area contributed by atoms with Crippen LogP contribution in [-0.4, -0.2) is 36.7 Å². The predicted octanol–water partition coefficient (Wildman–Crippen LogP) is 3.36. The van der Waals surface area contributed by atoms with E-state index in [1.54, 1.807) is 7.11 Å². The molecule has 2 rings (SSSR count). The van der Waals surface area contributed by atoms with E-state index in [1.807, 2.05) is 32.0 Å². The Bertz CT molecular complexity index is 552. The smallest absolute Gasteiger partial charge is 0.303 e. The molecule has 128 valence electrons. The summed E-state index contributed by atoms with van der Waals surface area (Å²) in [5, 5.41) is 8.95. The van der Waals surface area contributed by atoms with Gasteiger partial charge in [0.1, 0.15) is 5.75 Å². The third kappa shape index (κ3) is 4.69. The van der Waals surface area contributed by atoms with Crippen molar-refractivity contribution < 1.29 is 24.1 Å². The van der Waals surface area contributed by atoms with Gasteiger partial charge in [0.25, 0.3) is 0 Å². The number of aliphatic carboxylic acids is 1. The Hall–Kier alpha value is -1.59. The number of hydrogen-bond donors (Lipinski definition) is 1. The van der Waals surface area contributed by atoms with Crippen molar-refractivity contribution in [3.05, 3.63) is 29.3 Å². The van der Waals surface area contributed by atoms with Crippen LogP contribution in [0.5, 0.6) is 5.75 Å². The summed E-state index contributed by atoms with van der Waals surface area (Å²) in [4.78, 5) is 10.9. The maximum absolute atomic E-state index is 10.9. The monoisotopic (exact) mass is 322 g/mol. The van der Waals surface area contributed by atoms with Crippen molar-refractivity contribution in [2.75, 3.05) is 13.7 Å². The second-order valence-corrected chi connectivity index (χ2v) is 6.51. The Morgan fingerprint density at radius 2 is 2.22 bits per heavy atom. The zero-order chi connectivity index (χ0) is 17.0. The summed E-state index contributed by atoms with van der Waals surface area (Å²) in [6.45, 7) is 6.53. The highest BCUT2D eigenvalue weighted by Crippen LogP contribution is 2.36. The molecule has 1 fully saturated rings. The average Bonchev–Trinajstić information content (AvgIpc) is 2.83. The first-order valence-corrected chi connectivity index (χ1v) is 8.01. The van der Waals surface area contributed by atoms with Crippen LogP contribution in [0.3, 0.4) is 0 Å². The molecule has 0 bridgehead atoms. The summed E-state index contributed by atoms with van der Waals surface area (Å²) in [5.41, 5.74) is 2.10. The third-order valence-corrected chi connectivity index (χ3v) is 4.16. The molecule has 0 aromatic heterocycles. The molecule has 1 heterocycles. The van der Waals surface area contributed by atoms with Crippen LogP contribution < -0.4 is 4.74 Å². The van der Waals surface area contributed by atoms with Gasteiger partial charge in [0.15, 0.2) is 5.79 Å². The highest BCUT2D eigenvalue weighted by molar-refractivity contribution is 5.67. The van der Waals surface area contributed by atoms with Crippen molar-refractivity contribution in [2.24, 2.45) is 0 Å². The fourth-order valence-electron chi connectivity index (χ4n) is 3.18. The molecule has 23 heavy (non-hydrogen) atoms. The highest BCUT2D eigenvalue weighted by Gasteiger charge is 2.34. The minimum atomic E-state index is -0.791. The van der Waals surface area contributed by atoms with E-state index in [4.69, 9.17) is 19.3 Å². The Labute approximate surface area is 137 Å². The first-order valence-electron chi connectivity index (χ1n) is 8.01. The number of benzene rings is 1. The van der Waals surface area contributed by atoms with Crippen molar-refractivity contribution in [3.8, 4) is 5.75 Å². The normalized spacial score (nSPS) is 21.1. The third-order valence-electron chi connectivity index (χ3n) is 4.16. The summed E-state index contributed by atoms with van der Waals surface area (Å²) in [5.74, 6) is -0.325. The zero-order valence-electron chi connectivity index (χ0n) is 14.3. The molecular weight excluding hydrogens is 296 g/mol. The van der Waals surface area contributed by atoms with Gasteiger partial charge in [0, 0.05) is 12.0 Å². The lowest BCUT2D eigenvalue weighted by Gasteiger charge is -2.23. The van der Waals surface area contributed by atoms with Crippen molar-refractivity contribution in [1.82, 2.24) is 0 Å². The van der Waals surface area contributed by atoms with Crippen molar-refractivity contribution in [2.45, 2.75) is 57.8 Å². The maximum atomic E-state index is 10.9. The van der Waals surface area contributed by atoms with Crippen molar-refractivity contribution in [1.29, 1.82) is 0 Å². The molecule has 2 unspecified atom stereocenters. The molecule has 0 radical (unpaired) electrons. The lowest BCUT2D eigenvalue weighted by atomic mass is 9.88. The van der Waals surface area contributed by atoms with Crippen LogP contribution in [-0.2, 0) is 20.7 Å². The van der Waals surface area contributed by atoms with Gasteiger partial charge in [-0.15, -0.1) is 0 Å². The molecule has 1 aliphatic rings. The molecule has 0 spiro atoms. The Morgan fingerprint density at radius 1 is 1.48 bits per heavy atom. The van der Waals surface area contributed by atoms with Crippen LogP contribution in [0.2, 0.25) is 0 Å². The molecule has 1 aromatic carbocycles. The van der Waals surface area contributed by atoms with E-state index >= 15 is 0 Å². The van der Waals surface area contributed by atoms with Gasteiger partial charge in [-0.3, -0.25) is 4.79 Å². The fraction of sp³-hybridized carbons (Fsp3) is 0.611. The van der Waals surface area contributed by atoms with Crippen LogP contribution >= 0.6 is 0 Å². The predicted molar refractivity (Wildman–Crippen MR) is 86.9 cm³/mol. The number of carbonyl (C=O) groups is 1. The number of aryl methyl sites for hydroxylation is 1. The molecule has 1 saturated heterocycles. The number of hydrogen-bond acceptors (Lipinski definition) is 4. The van der Waals surface area contributed by atoms with Crippen molar-refractivity contribution >= 4 is 5.97 Å². The maximum Gasteiger partial charge on any atom is 0.303 e. The van der Waals surface area contributed by atoms with Gasteiger partial charge in [0.05, 0.1) is 19.8 Å². The number of carboxylic acid groups (broad SMARTS) is 1. The lowest BCUT2D eigenvalue weighted by molar-refractivity contribution is -0.139. The van der Waals surface area contributed by atoms with Gasteiger partial charge in [0.2, 0.25) is 0 Å². The standard InChI is InChI=1S/C18H26O5/c1-12(10-14-11-22-18(2,3)23-14)17-13(8-9-16(19)20)6-5-7-15(17)21-4/h5-7,12,14H,8-11H2,1-4H3,(H,19,20). The molecule has 1 N–H and O–H groups in total. The molecule has 5 nitrogen and oxygen atoms in total. The molecule has 5 heteroatoms. The quantitative estimate of drug-likeness (QED) is 0.834. The largest absolute Gasteiger partial charge is 0.496 e. The summed E-state index contributed by atoms with van der Waals surface area (Å²) >= 11 is 0. The van der Waals surface area contributed by atoms with Gasteiger partial charge < -0.3 is 19.3 Å². The fourth-order valence-corrected chi connectivity index (χ4v) is 3.18. The van der Waals surface area contributed by atoms with E-state index in [0.29, 0.717) is 13.0 Å². The first kappa shape index (κ1) is 17.8. The van der Waals surface area contributed by atoms with Crippen molar-refractivity contribution in [3.63, 3.8) is 0 Å². The van der Waals surface area contributed by atoms with Crippen LogP contribution in [0.15, 0.2) is 18.2 Å².